The summed E-state index contributed by atoms with van der Waals surface area (Å²) >= 11 is 0. The van der Waals surface area contributed by atoms with E-state index in [9.17, 15) is 8.78 Å². The first kappa shape index (κ1) is 10.3. The first-order chi connectivity index (χ1) is 7.72. The van der Waals surface area contributed by atoms with Crippen molar-refractivity contribution in [3.05, 3.63) is 47.8 Å². The molecule has 1 aromatic heterocycles. The molecule has 0 aliphatic heterocycles. The molecule has 0 aliphatic carbocycles. The summed E-state index contributed by atoms with van der Waals surface area (Å²) in [6.45, 7) is 0. The minimum absolute atomic E-state index is 0.0983. The highest BCUT2D eigenvalue weighted by atomic mass is 19.3. The third kappa shape index (κ3) is 1.77. The monoisotopic (exact) mass is 219 g/mol. The molecule has 0 atom stereocenters. The molecule has 1 aromatic carbocycles. The number of alkyl halides is 2. The van der Waals surface area contributed by atoms with Gasteiger partial charge in [0, 0.05) is 6.20 Å². The van der Waals surface area contributed by atoms with E-state index in [1.54, 1.807) is 30.3 Å². The van der Waals surface area contributed by atoms with Crippen LogP contribution in [0.2, 0.25) is 0 Å². The van der Waals surface area contributed by atoms with Crippen molar-refractivity contribution >= 4 is 0 Å². The molecular formula is C11H7F2N3. The minimum Gasteiger partial charge on any atom is -0.239 e. The van der Waals surface area contributed by atoms with Gasteiger partial charge in [-0.2, -0.15) is 10.4 Å². The lowest BCUT2D eigenvalue weighted by Gasteiger charge is -1.99. The standard InChI is InChI=1S/C11H7F2N3/c12-11(13)10-8(6-14)7-16(15-10)9-4-2-1-3-5-9/h1-5,7,11H. The second kappa shape index (κ2) is 4.11. The Labute approximate surface area is 90.5 Å². The zero-order valence-electron chi connectivity index (χ0n) is 8.14. The van der Waals surface area contributed by atoms with Crippen LogP contribution in [0.1, 0.15) is 17.7 Å². The Hall–Kier alpha value is -2.22. The molecule has 0 N–H and O–H groups in total. The molecule has 2 rings (SSSR count). The fourth-order valence-electron chi connectivity index (χ4n) is 1.35. The molecule has 3 nitrogen and oxygen atoms in total. The average molecular weight is 219 g/mol. The van der Waals surface area contributed by atoms with E-state index in [2.05, 4.69) is 5.10 Å². The second-order valence-corrected chi connectivity index (χ2v) is 3.12. The molecule has 5 heteroatoms. The van der Waals surface area contributed by atoms with Gasteiger partial charge < -0.3 is 0 Å². The Kier molecular flexibility index (Phi) is 2.64. The van der Waals surface area contributed by atoms with E-state index in [4.69, 9.17) is 5.26 Å². The van der Waals surface area contributed by atoms with Gasteiger partial charge in [-0.15, -0.1) is 0 Å². The number of nitrogens with zero attached hydrogens (tertiary/aromatic N) is 3. The van der Waals surface area contributed by atoms with Gasteiger partial charge in [-0.1, -0.05) is 18.2 Å². The van der Waals surface area contributed by atoms with Crippen LogP contribution in [0.3, 0.4) is 0 Å². The van der Waals surface area contributed by atoms with Crippen molar-refractivity contribution in [2.45, 2.75) is 6.43 Å². The van der Waals surface area contributed by atoms with Crippen LogP contribution in [0.4, 0.5) is 8.78 Å². The number of nitriles is 1. The smallest absolute Gasteiger partial charge is 0.239 e. The Morgan fingerprint density at radius 1 is 1.25 bits per heavy atom. The number of hydrogen-bond acceptors (Lipinski definition) is 2. The molecule has 1 heterocycles. The average Bonchev–Trinajstić information content (AvgIpc) is 2.74. The summed E-state index contributed by atoms with van der Waals surface area (Å²) in [4.78, 5) is 0. The van der Waals surface area contributed by atoms with Gasteiger partial charge in [-0.3, -0.25) is 0 Å². The summed E-state index contributed by atoms with van der Waals surface area (Å²) in [6.07, 6.45) is -1.43. The topological polar surface area (TPSA) is 41.6 Å². The largest absolute Gasteiger partial charge is 0.283 e. The molecule has 16 heavy (non-hydrogen) atoms. The normalized spacial score (nSPS) is 10.4. The molecule has 80 valence electrons. The van der Waals surface area contributed by atoms with Crippen molar-refractivity contribution < 1.29 is 8.78 Å². The molecule has 0 saturated carbocycles. The van der Waals surface area contributed by atoms with Gasteiger partial charge in [0.15, 0.2) is 0 Å². The van der Waals surface area contributed by atoms with E-state index in [-0.39, 0.29) is 5.56 Å². The first-order valence-corrected chi connectivity index (χ1v) is 4.55. The summed E-state index contributed by atoms with van der Waals surface area (Å²) in [5.74, 6) is 0. The molecule has 0 spiro atoms. The van der Waals surface area contributed by atoms with Gasteiger partial charge in [-0.25, -0.2) is 13.5 Å². The predicted octanol–water partition coefficient (Wildman–Crippen LogP) is 2.68. The van der Waals surface area contributed by atoms with E-state index >= 15 is 0 Å². The summed E-state index contributed by atoms with van der Waals surface area (Å²) in [7, 11) is 0. The number of benzene rings is 1. The molecular weight excluding hydrogens is 212 g/mol. The maximum absolute atomic E-state index is 12.5. The van der Waals surface area contributed by atoms with Gasteiger partial charge in [0.2, 0.25) is 0 Å². The number of aromatic nitrogens is 2. The fraction of sp³-hybridized carbons (Fsp3) is 0.0909. The Morgan fingerprint density at radius 2 is 1.94 bits per heavy atom. The van der Waals surface area contributed by atoms with E-state index < -0.39 is 12.1 Å². The van der Waals surface area contributed by atoms with Crippen molar-refractivity contribution in [1.29, 1.82) is 5.26 Å². The first-order valence-electron chi connectivity index (χ1n) is 4.55. The number of hydrogen-bond donors (Lipinski definition) is 0. The van der Waals surface area contributed by atoms with Crippen molar-refractivity contribution in [1.82, 2.24) is 9.78 Å². The summed E-state index contributed by atoms with van der Waals surface area (Å²) in [5.41, 5.74) is 0.0658. The van der Waals surface area contributed by atoms with Gasteiger partial charge in [0.05, 0.1) is 11.3 Å². The maximum Gasteiger partial charge on any atom is 0.283 e. The Bertz CT molecular complexity index is 526. The van der Waals surface area contributed by atoms with Crippen LogP contribution in [0.15, 0.2) is 36.5 Å². The third-order valence-electron chi connectivity index (χ3n) is 2.09. The van der Waals surface area contributed by atoms with Crippen molar-refractivity contribution in [3.8, 4) is 11.8 Å². The number of rotatable bonds is 2. The lowest BCUT2D eigenvalue weighted by atomic mass is 10.3. The number of para-hydroxylation sites is 1. The van der Waals surface area contributed by atoms with E-state index in [0.717, 1.165) is 0 Å². The van der Waals surface area contributed by atoms with Crippen LogP contribution in [-0.4, -0.2) is 9.78 Å². The quantitative estimate of drug-likeness (QED) is 0.779. The summed E-state index contributed by atoms with van der Waals surface area (Å²) in [6, 6.07) is 10.5. The minimum atomic E-state index is -2.74. The second-order valence-electron chi connectivity index (χ2n) is 3.12. The number of halogens is 2. The predicted molar refractivity (Wildman–Crippen MR) is 53.2 cm³/mol. The molecule has 2 aromatic rings. The molecule has 0 unspecified atom stereocenters. The Morgan fingerprint density at radius 3 is 2.44 bits per heavy atom. The van der Waals surface area contributed by atoms with Crippen LogP contribution in [0, 0.1) is 11.3 Å². The van der Waals surface area contributed by atoms with Crippen LogP contribution in [0.25, 0.3) is 5.69 Å². The van der Waals surface area contributed by atoms with Crippen molar-refractivity contribution in [2.24, 2.45) is 0 Å². The molecule has 0 amide bonds. The van der Waals surface area contributed by atoms with Crippen LogP contribution in [0.5, 0.6) is 0 Å². The highest BCUT2D eigenvalue weighted by Gasteiger charge is 2.18. The zero-order valence-corrected chi connectivity index (χ0v) is 8.14. The highest BCUT2D eigenvalue weighted by Crippen LogP contribution is 2.21. The lowest BCUT2D eigenvalue weighted by Crippen LogP contribution is -1.95. The maximum atomic E-state index is 12.5. The highest BCUT2D eigenvalue weighted by molar-refractivity contribution is 5.37. The van der Waals surface area contributed by atoms with E-state index in [1.165, 1.54) is 10.9 Å². The SMILES string of the molecule is N#Cc1cn(-c2ccccc2)nc1C(F)F. The van der Waals surface area contributed by atoms with Crippen molar-refractivity contribution in [2.75, 3.05) is 0 Å². The van der Waals surface area contributed by atoms with Gasteiger partial charge >= 0.3 is 0 Å². The molecule has 0 bridgehead atoms. The molecule has 0 saturated heterocycles. The van der Waals surface area contributed by atoms with Gasteiger partial charge in [0.25, 0.3) is 6.43 Å². The summed E-state index contributed by atoms with van der Waals surface area (Å²) < 4.78 is 26.3. The van der Waals surface area contributed by atoms with Crippen LogP contribution in [-0.2, 0) is 0 Å². The van der Waals surface area contributed by atoms with Crippen LogP contribution < -0.4 is 0 Å². The molecule has 0 aliphatic rings. The third-order valence-corrected chi connectivity index (χ3v) is 2.09. The zero-order chi connectivity index (χ0) is 11.5. The van der Waals surface area contributed by atoms with Gasteiger partial charge in [-0.05, 0) is 12.1 Å². The van der Waals surface area contributed by atoms with Gasteiger partial charge in [0.1, 0.15) is 11.8 Å². The lowest BCUT2D eigenvalue weighted by molar-refractivity contribution is 0.145. The summed E-state index contributed by atoms with van der Waals surface area (Å²) in [5, 5.41) is 12.4. The van der Waals surface area contributed by atoms with E-state index in [0.29, 0.717) is 5.69 Å². The molecule has 0 radical (unpaired) electrons. The van der Waals surface area contributed by atoms with Crippen LogP contribution >= 0.6 is 0 Å². The molecule has 0 fully saturated rings. The Balaban J connectivity index is 2.49. The van der Waals surface area contributed by atoms with Crippen molar-refractivity contribution in [3.63, 3.8) is 0 Å². The fourth-order valence-corrected chi connectivity index (χ4v) is 1.35. The van der Waals surface area contributed by atoms with E-state index in [1.807, 2.05) is 6.07 Å².